The summed E-state index contributed by atoms with van der Waals surface area (Å²) in [6.07, 6.45) is -4.71. The molecular formula is C13H18F3NO2. The first-order valence-corrected chi connectivity index (χ1v) is 6.10. The molecule has 0 aliphatic rings. The van der Waals surface area contributed by atoms with Crippen LogP contribution in [0.5, 0.6) is 11.5 Å². The molecule has 0 heterocycles. The van der Waals surface area contributed by atoms with Crippen molar-refractivity contribution < 1.29 is 22.6 Å². The van der Waals surface area contributed by atoms with E-state index < -0.39 is 6.36 Å². The molecule has 1 aromatic rings. The van der Waals surface area contributed by atoms with Gasteiger partial charge in [0.2, 0.25) is 0 Å². The summed E-state index contributed by atoms with van der Waals surface area (Å²) in [5.41, 5.74) is 0. The van der Waals surface area contributed by atoms with E-state index in [2.05, 4.69) is 10.1 Å². The van der Waals surface area contributed by atoms with Crippen molar-refractivity contribution in [3.05, 3.63) is 24.3 Å². The first kappa shape index (κ1) is 15.6. The van der Waals surface area contributed by atoms with E-state index in [4.69, 9.17) is 4.74 Å². The number of halogens is 3. The number of nitrogens with one attached hydrogen (secondary N) is 1. The minimum Gasteiger partial charge on any atom is -0.489 e. The molecule has 0 aromatic heterocycles. The second-order valence-corrected chi connectivity index (χ2v) is 4.22. The minimum atomic E-state index is -4.71. The van der Waals surface area contributed by atoms with Crippen molar-refractivity contribution in [2.75, 3.05) is 19.7 Å². The van der Waals surface area contributed by atoms with Crippen LogP contribution in [0, 0.1) is 5.92 Å². The van der Waals surface area contributed by atoms with Crippen molar-refractivity contribution in [1.29, 1.82) is 0 Å². The zero-order valence-corrected chi connectivity index (χ0v) is 11.0. The predicted molar refractivity (Wildman–Crippen MR) is 66.3 cm³/mol. The lowest BCUT2D eigenvalue weighted by molar-refractivity contribution is -0.275. The zero-order chi connectivity index (χ0) is 14.3. The smallest absolute Gasteiger partial charge is 0.489 e. The van der Waals surface area contributed by atoms with Gasteiger partial charge < -0.3 is 14.8 Å². The fraction of sp³-hybridized carbons (Fsp3) is 0.538. The quantitative estimate of drug-likeness (QED) is 0.830. The standard InChI is InChI=1S/C13H18F3NO2/c1-3-17-8-10(2)9-18-11-6-4-5-7-12(11)19-13(14,15)16/h4-7,10,17H,3,8-9H2,1-2H3. The average molecular weight is 277 g/mol. The van der Waals surface area contributed by atoms with Crippen molar-refractivity contribution in [2.45, 2.75) is 20.2 Å². The van der Waals surface area contributed by atoms with Crippen molar-refractivity contribution in [2.24, 2.45) is 5.92 Å². The summed E-state index contributed by atoms with van der Waals surface area (Å²) in [5, 5.41) is 3.15. The number of alkyl halides is 3. The number of benzene rings is 1. The molecule has 0 fully saturated rings. The van der Waals surface area contributed by atoms with Gasteiger partial charge in [-0.15, -0.1) is 13.2 Å². The third kappa shape index (κ3) is 6.33. The molecule has 1 rings (SSSR count). The van der Waals surface area contributed by atoms with E-state index in [0.29, 0.717) is 6.61 Å². The molecule has 0 radical (unpaired) electrons. The molecule has 0 saturated heterocycles. The molecule has 0 saturated carbocycles. The van der Waals surface area contributed by atoms with Crippen molar-refractivity contribution in [3.63, 3.8) is 0 Å². The van der Waals surface area contributed by atoms with Gasteiger partial charge in [-0.05, 0) is 18.7 Å². The van der Waals surface area contributed by atoms with E-state index in [9.17, 15) is 13.2 Å². The van der Waals surface area contributed by atoms with Crippen molar-refractivity contribution in [3.8, 4) is 11.5 Å². The second kappa shape index (κ2) is 7.23. The van der Waals surface area contributed by atoms with Crippen LogP contribution in [0.1, 0.15) is 13.8 Å². The minimum absolute atomic E-state index is 0.100. The van der Waals surface area contributed by atoms with Gasteiger partial charge in [0.05, 0.1) is 6.61 Å². The number of hydrogen-bond acceptors (Lipinski definition) is 3. The molecule has 0 spiro atoms. The molecular weight excluding hydrogens is 259 g/mol. The first-order chi connectivity index (χ1) is 8.92. The van der Waals surface area contributed by atoms with Gasteiger partial charge in [0.1, 0.15) is 0 Å². The lowest BCUT2D eigenvalue weighted by atomic mass is 10.2. The molecule has 0 amide bonds. The van der Waals surface area contributed by atoms with E-state index in [-0.39, 0.29) is 17.4 Å². The van der Waals surface area contributed by atoms with Gasteiger partial charge in [0.15, 0.2) is 11.5 Å². The molecule has 0 aliphatic heterocycles. The van der Waals surface area contributed by atoms with E-state index >= 15 is 0 Å². The Morgan fingerprint density at radius 1 is 1.21 bits per heavy atom. The van der Waals surface area contributed by atoms with Gasteiger partial charge in [-0.1, -0.05) is 26.0 Å². The van der Waals surface area contributed by atoms with E-state index in [1.54, 1.807) is 6.07 Å². The largest absolute Gasteiger partial charge is 0.573 e. The number of ether oxygens (including phenoxy) is 2. The summed E-state index contributed by atoms with van der Waals surface area (Å²) in [4.78, 5) is 0. The zero-order valence-electron chi connectivity index (χ0n) is 11.0. The van der Waals surface area contributed by atoms with Crippen molar-refractivity contribution in [1.82, 2.24) is 5.32 Å². The SMILES string of the molecule is CCNCC(C)COc1ccccc1OC(F)(F)F. The summed E-state index contributed by atoms with van der Waals surface area (Å²) in [7, 11) is 0. The second-order valence-electron chi connectivity index (χ2n) is 4.22. The summed E-state index contributed by atoms with van der Waals surface area (Å²) < 4.78 is 45.9. The fourth-order valence-electron chi connectivity index (χ4n) is 1.46. The summed E-state index contributed by atoms with van der Waals surface area (Å²) in [5.74, 6) is -0.0206. The van der Waals surface area contributed by atoms with Gasteiger partial charge in [-0.3, -0.25) is 0 Å². The van der Waals surface area contributed by atoms with Crippen LogP contribution in [0.15, 0.2) is 24.3 Å². The Morgan fingerprint density at radius 3 is 2.42 bits per heavy atom. The van der Waals surface area contributed by atoms with Crippen LogP contribution in [-0.2, 0) is 0 Å². The number of rotatable bonds is 7. The Kier molecular flexibility index (Phi) is 5.95. The molecule has 6 heteroatoms. The highest BCUT2D eigenvalue weighted by Crippen LogP contribution is 2.31. The van der Waals surface area contributed by atoms with Crippen molar-refractivity contribution >= 4 is 0 Å². The van der Waals surface area contributed by atoms with Crippen LogP contribution in [0.3, 0.4) is 0 Å². The summed E-state index contributed by atoms with van der Waals surface area (Å²) in [6.45, 7) is 5.86. The maximum atomic E-state index is 12.2. The Balaban J connectivity index is 2.58. The Labute approximate surface area is 110 Å². The maximum Gasteiger partial charge on any atom is 0.573 e. The molecule has 1 unspecified atom stereocenters. The van der Waals surface area contributed by atoms with Crippen LogP contribution in [0.25, 0.3) is 0 Å². The van der Waals surface area contributed by atoms with Crippen LogP contribution < -0.4 is 14.8 Å². The highest BCUT2D eigenvalue weighted by molar-refractivity contribution is 5.39. The number of hydrogen-bond donors (Lipinski definition) is 1. The van der Waals surface area contributed by atoms with Gasteiger partial charge in [-0.25, -0.2) is 0 Å². The lowest BCUT2D eigenvalue weighted by Gasteiger charge is -2.16. The third-order valence-corrected chi connectivity index (χ3v) is 2.34. The van der Waals surface area contributed by atoms with E-state index in [0.717, 1.165) is 13.1 Å². The van der Waals surface area contributed by atoms with Gasteiger partial charge in [0.25, 0.3) is 0 Å². The molecule has 0 bridgehead atoms. The maximum absolute atomic E-state index is 12.2. The molecule has 108 valence electrons. The topological polar surface area (TPSA) is 30.5 Å². The molecule has 1 N–H and O–H groups in total. The predicted octanol–water partition coefficient (Wildman–Crippen LogP) is 3.21. The van der Waals surface area contributed by atoms with E-state index in [1.165, 1.54) is 18.2 Å². The average Bonchev–Trinajstić information content (AvgIpc) is 2.33. The number of para-hydroxylation sites is 2. The van der Waals surface area contributed by atoms with Crippen LogP contribution >= 0.6 is 0 Å². The molecule has 1 aromatic carbocycles. The highest BCUT2D eigenvalue weighted by atomic mass is 19.4. The normalized spacial score (nSPS) is 13.1. The van der Waals surface area contributed by atoms with Crippen LogP contribution in [-0.4, -0.2) is 26.1 Å². The van der Waals surface area contributed by atoms with Gasteiger partial charge >= 0.3 is 6.36 Å². The van der Waals surface area contributed by atoms with Gasteiger partial charge in [0, 0.05) is 12.5 Å². The Morgan fingerprint density at radius 2 is 1.84 bits per heavy atom. The van der Waals surface area contributed by atoms with Crippen LogP contribution in [0.2, 0.25) is 0 Å². The monoisotopic (exact) mass is 277 g/mol. The first-order valence-electron chi connectivity index (χ1n) is 6.10. The fourth-order valence-corrected chi connectivity index (χ4v) is 1.46. The lowest BCUT2D eigenvalue weighted by Crippen LogP contribution is -2.25. The highest BCUT2D eigenvalue weighted by Gasteiger charge is 2.32. The van der Waals surface area contributed by atoms with Crippen LogP contribution in [0.4, 0.5) is 13.2 Å². The summed E-state index contributed by atoms with van der Waals surface area (Å²) >= 11 is 0. The summed E-state index contributed by atoms with van der Waals surface area (Å²) in [6, 6.07) is 5.77. The molecule has 1 atom stereocenters. The Bertz CT molecular complexity index is 382. The molecule has 0 aliphatic carbocycles. The van der Waals surface area contributed by atoms with Gasteiger partial charge in [-0.2, -0.15) is 0 Å². The third-order valence-electron chi connectivity index (χ3n) is 2.34. The molecule has 3 nitrogen and oxygen atoms in total. The Hall–Kier alpha value is -1.43. The molecule has 19 heavy (non-hydrogen) atoms. The van der Waals surface area contributed by atoms with E-state index in [1.807, 2.05) is 13.8 Å².